The van der Waals surface area contributed by atoms with Crippen LogP contribution in [0, 0.1) is 0 Å². The maximum Gasteiger partial charge on any atom is 0.241 e. The number of nitrogens with zero attached hydrogens (tertiary/aromatic N) is 2. The van der Waals surface area contributed by atoms with E-state index in [9.17, 15) is 13.2 Å². The average molecular weight is 423 g/mol. The van der Waals surface area contributed by atoms with Crippen molar-refractivity contribution in [2.45, 2.75) is 17.9 Å². The number of carbonyl (C=O) groups is 1. The lowest BCUT2D eigenvalue weighted by Crippen LogP contribution is -2.52. The van der Waals surface area contributed by atoms with Gasteiger partial charge in [0.25, 0.3) is 0 Å². The summed E-state index contributed by atoms with van der Waals surface area (Å²) in [6.07, 6.45) is 0. The second kappa shape index (κ2) is 8.48. The maximum atomic E-state index is 12.6. The van der Waals surface area contributed by atoms with Crippen LogP contribution in [0.15, 0.2) is 53.4 Å². The number of rotatable bonds is 5. The van der Waals surface area contributed by atoms with Crippen molar-refractivity contribution >= 4 is 38.9 Å². The molecule has 9 heteroatoms. The Bertz CT molecular complexity index is 959. The van der Waals surface area contributed by atoms with Crippen LogP contribution in [0.25, 0.3) is 0 Å². The third kappa shape index (κ3) is 4.82. The molecule has 1 saturated heterocycles. The molecule has 3 N–H and O–H groups in total. The Morgan fingerprint density at radius 2 is 1.79 bits per heavy atom. The fourth-order valence-corrected chi connectivity index (χ4v) is 4.04. The molecule has 1 atom stereocenters. The lowest BCUT2D eigenvalue weighted by atomic mass is 10.2. The number of hydrogen-bond donors (Lipinski definition) is 2. The number of nitrogens with two attached hydrogens (primary N) is 1. The molecular weight excluding hydrogens is 400 g/mol. The number of carbonyl (C=O) groups excluding carboxylic acids is 1. The van der Waals surface area contributed by atoms with Gasteiger partial charge in [0.1, 0.15) is 0 Å². The smallest absolute Gasteiger partial charge is 0.241 e. The molecule has 0 saturated carbocycles. The van der Waals surface area contributed by atoms with Gasteiger partial charge < -0.3 is 10.2 Å². The number of amides is 1. The minimum Gasteiger partial charge on any atom is -0.368 e. The van der Waals surface area contributed by atoms with E-state index in [2.05, 4.69) is 15.1 Å². The van der Waals surface area contributed by atoms with Crippen LogP contribution in [0.4, 0.5) is 11.4 Å². The molecule has 0 aliphatic carbocycles. The topological polar surface area (TPSA) is 95.7 Å². The molecule has 150 valence electrons. The van der Waals surface area contributed by atoms with Crippen LogP contribution in [0.5, 0.6) is 0 Å². The number of halogens is 1. The summed E-state index contributed by atoms with van der Waals surface area (Å²) in [5, 5.41) is 8.63. The second-order valence-electron chi connectivity index (χ2n) is 6.71. The summed E-state index contributed by atoms with van der Waals surface area (Å²) in [5.41, 5.74) is 1.40. The fourth-order valence-electron chi connectivity index (χ4n) is 3.22. The van der Waals surface area contributed by atoms with E-state index in [1.165, 1.54) is 12.1 Å². The molecule has 0 radical (unpaired) electrons. The third-order valence-corrected chi connectivity index (χ3v) is 6.10. The Labute approximate surface area is 170 Å². The molecule has 2 aromatic rings. The van der Waals surface area contributed by atoms with Gasteiger partial charge in [-0.2, -0.15) is 0 Å². The molecule has 0 spiro atoms. The maximum absolute atomic E-state index is 12.6. The average Bonchev–Trinajstić information content (AvgIpc) is 2.67. The quantitative estimate of drug-likeness (QED) is 0.769. The predicted octanol–water partition coefficient (Wildman–Crippen LogP) is 2.14. The van der Waals surface area contributed by atoms with Crippen molar-refractivity contribution in [1.29, 1.82) is 0 Å². The number of anilines is 2. The van der Waals surface area contributed by atoms with E-state index in [0.717, 1.165) is 36.9 Å². The summed E-state index contributed by atoms with van der Waals surface area (Å²) in [6, 6.07) is 13.3. The highest BCUT2D eigenvalue weighted by Crippen LogP contribution is 2.26. The lowest BCUT2D eigenvalue weighted by Gasteiger charge is -2.38. The Hall–Kier alpha value is -2.13. The van der Waals surface area contributed by atoms with E-state index in [-0.39, 0.29) is 16.8 Å². The summed E-state index contributed by atoms with van der Waals surface area (Å²) >= 11 is 6.27. The Kier molecular flexibility index (Phi) is 6.24. The molecular formula is C19H23ClN4O3S. The third-order valence-electron chi connectivity index (χ3n) is 4.86. The highest BCUT2D eigenvalue weighted by molar-refractivity contribution is 7.89. The largest absolute Gasteiger partial charge is 0.368 e. The second-order valence-corrected chi connectivity index (χ2v) is 8.68. The highest BCUT2D eigenvalue weighted by atomic mass is 35.5. The highest BCUT2D eigenvalue weighted by Gasteiger charge is 2.26. The van der Waals surface area contributed by atoms with Gasteiger partial charge in [0, 0.05) is 31.9 Å². The first-order valence-corrected chi connectivity index (χ1v) is 10.9. The van der Waals surface area contributed by atoms with Crippen LogP contribution < -0.4 is 15.4 Å². The minimum atomic E-state index is -3.82. The molecule has 1 fully saturated rings. The van der Waals surface area contributed by atoms with E-state index in [1.807, 2.05) is 31.2 Å². The van der Waals surface area contributed by atoms with Crippen molar-refractivity contribution in [2.75, 3.05) is 36.4 Å². The van der Waals surface area contributed by atoms with E-state index in [4.69, 9.17) is 16.7 Å². The Morgan fingerprint density at radius 1 is 1.11 bits per heavy atom. The van der Waals surface area contributed by atoms with Gasteiger partial charge in [0.2, 0.25) is 15.9 Å². The van der Waals surface area contributed by atoms with Crippen LogP contribution in [0.1, 0.15) is 6.92 Å². The van der Waals surface area contributed by atoms with Crippen molar-refractivity contribution in [1.82, 2.24) is 4.90 Å². The zero-order chi connectivity index (χ0) is 20.3. The van der Waals surface area contributed by atoms with E-state index in [1.54, 1.807) is 12.1 Å². The van der Waals surface area contributed by atoms with Gasteiger partial charge in [-0.05, 0) is 37.3 Å². The number of benzene rings is 2. The summed E-state index contributed by atoms with van der Waals surface area (Å²) in [5.74, 6) is -0.197. The lowest BCUT2D eigenvalue weighted by molar-refractivity contribution is -0.120. The molecule has 3 rings (SSSR count). The fraction of sp³-hybridized carbons (Fsp3) is 0.316. The first kappa shape index (κ1) is 20.6. The van der Waals surface area contributed by atoms with E-state index < -0.39 is 10.0 Å². The first-order chi connectivity index (χ1) is 13.3. The molecule has 2 aromatic carbocycles. The predicted molar refractivity (Wildman–Crippen MR) is 111 cm³/mol. The number of hydrogen-bond acceptors (Lipinski definition) is 5. The van der Waals surface area contributed by atoms with Gasteiger partial charge in [-0.1, -0.05) is 29.8 Å². The first-order valence-electron chi connectivity index (χ1n) is 8.93. The molecule has 7 nitrogen and oxygen atoms in total. The van der Waals surface area contributed by atoms with E-state index >= 15 is 0 Å². The summed E-state index contributed by atoms with van der Waals surface area (Å²) in [4.78, 5) is 16.9. The van der Waals surface area contributed by atoms with Crippen LogP contribution in [-0.4, -0.2) is 51.4 Å². The number of primary sulfonamides is 1. The number of piperazine rings is 1. The SMILES string of the molecule is C[C@@H](C(=O)Nc1cccc(S(N)(=O)=O)c1)N1CCN(c2ccccc2Cl)CC1. The van der Waals surface area contributed by atoms with Gasteiger partial charge in [-0.15, -0.1) is 0 Å². The normalized spacial score (nSPS) is 16.6. The van der Waals surface area contributed by atoms with Crippen molar-refractivity contribution in [3.05, 3.63) is 53.6 Å². The Morgan fingerprint density at radius 3 is 2.43 bits per heavy atom. The monoisotopic (exact) mass is 422 g/mol. The van der Waals surface area contributed by atoms with Crippen molar-refractivity contribution in [3.8, 4) is 0 Å². The van der Waals surface area contributed by atoms with Crippen molar-refractivity contribution in [2.24, 2.45) is 5.14 Å². The van der Waals surface area contributed by atoms with Crippen LogP contribution >= 0.6 is 11.6 Å². The molecule has 0 bridgehead atoms. The molecule has 1 aliphatic rings. The molecule has 0 unspecified atom stereocenters. The molecule has 1 aliphatic heterocycles. The van der Waals surface area contributed by atoms with E-state index in [0.29, 0.717) is 5.69 Å². The summed E-state index contributed by atoms with van der Waals surface area (Å²) in [7, 11) is -3.82. The van der Waals surface area contributed by atoms with Crippen LogP contribution in [-0.2, 0) is 14.8 Å². The van der Waals surface area contributed by atoms with Gasteiger partial charge in [0.05, 0.1) is 21.6 Å². The zero-order valence-corrected chi connectivity index (χ0v) is 17.1. The van der Waals surface area contributed by atoms with Gasteiger partial charge >= 0.3 is 0 Å². The minimum absolute atomic E-state index is 0.0358. The summed E-state index contributed by atoms with van der Waals surface area (Å²) < 4.78 is 22.9. The molecule has 28 heavy (non-hydrogen) atoms. The van der Waals surface area contributed by atoms with Gasteiger partial charge in [-0.3, -0.25) is 9.69 Å². The van der Waals surface area contributed by atoms with Gasteiger partial charge in [0.15, 0.2) is 0 Å². The zero-order valence-electron chi connectivity index (χ0n) is 15.5. The van der Waals surface area contributed by atoms with Crippen molar-refractivity contribution in [3.63, 3.8) is 0 Å². The standard InChI is InChI=1S/C19H23ClN4O3S/c1-14(19(25)22-15-5-4-6-16(13-15)28(21,26)27)23-9-11-24(12-10-23)18-8-3-2-7-17(18)20/h2-8,13-14H,9-12H2,1H3,(H,22,25)(H2,21,26,27)/t14-/m0/s1. The Balaban J connectivity index is 1.60. The molecule has 0 aromatic heterocycles. The molecule has 1 heterocycles. The van der Waals surface area contributed by atoms with Crippen LogP contribution in [0.2, 0.25) is 5.02 Å². The number of nitrogens with one attached hydrogen (secondary N) is 1. The molecule has 1 amide bonds. The van der Waals surface area contributed by atoms with Gasteiger partial charge in [-0.25, -0.2) is 13.6 Å². The number of para-hydroxylation sites is 1. The van der Waals surface area contributed by atoms with Crippen molar-refractivity contribution < 1.29 is 13.2 Å². The number of sulfonamides is 1. The summed E-state index contributed by atoms with van der Waals surface area (Å²) in [6.45, 7) is 4.81. The van der Waals surface area contributed by atoms with Crippen LogP contribution in [0.3, 0.4) is 0 Å².